The number of ether oxygens (including phenoxy) is 3. The fourth-order valence-electron chi connectivity index (χ4n) is 3.87. The second kappa shape index (κ2) is 10.6. The number of anilines is 2. The van der Waals surface area contributed by atoms with Gasteiger partial charge in [0.15, 0.2) is 11.6 Å². The predicted octanol–water partition coefficient (Wildman–Crippen LogP) is 3.71. The van der Waals surface area contributed by atoms with E-state index in [9.17, 15) is 9.59 Å². The summed E-state index contributed by atoms with van der Waals surface area (Å²) in [6.07, 6.45) is 4.04. The number of carbonyl (C=O) groups is 2. The number of furan rings is 1. The van der Waals surface area contributed by atoms with Crippen LogP contribution in [0.5, 0.6) is 0 Å². The molecular formula is C26H27N7O6. The predicted molar refractivity (Wildman–Crippen MR) is 140 cm³/mol. The van der Waals surface area contributed by atoms with E-state index in [4.69, 9.17) is 28.6 Å². The summed E-state index contributed by atoms with van der Waals surface area (Å²) in [4.78, 5) is 48.6. The van der Waals surface area contributed by atoms with E-state index in [2.05, 4.69) is 25.2 Å². The van der Waals surface area contributed by atoms with Gasteiger partial charge in [-0.2, -0.15) is 0 Å². The molecule has 0 aliphatic carbocycles. The Balaban J connectivity index is 1.51. The molecule has 13 nitrogen and oxygen atoms in total. The van der Waals surface area contributed by atoms with Gasteiger partial charge < -0.3 is 23.5 Å². The second-order valence-corrected chi connectivity index (χ2v) is 9.64. The van der Waals surface area contributed by atoms with Crippen molar-refractivity contribution in [3.05, 3.63) is 42.5 Å². The fourth-order valence-corrected chi connectivity index (χ4v) is 3.87. The summed E-state index contributed by atoms with van der Waals surface area (Å²) >= 11 is 0. The highest BCUT2D eigenvalue weighted by molar-refractivity contribution is 5.91. The molecule has 1 fully saturated rings. The molecule has 39 heavy (non-hydrogen) atoms. The van der Waals surface area contributed by atoms with Gasteiger partial charge in [-0.05, 0) is 39.0 Å². The zero-order valence-corrected chi connectivity index (χ0v) is 21.9. The molecule has 4 aromatic rings. The van der Waals surface area contributed by atoms with Crippen molar-refractivity contribution in [2.24, 2.45) is 0 Å². The number of nitrogens with zero attached hydrogens (tertiary/aromatic N) is 6. The minimum atomic E-state index is -0.654. The molecule has 5 rings (SSSR count). The molecule has 0 radical (unpaired) electrons. The number of nitrogens with one attached hydrogen (secondary N) is 1. The van der Waals surface area contributed by atoms with Crippen molar-refractivity contribution in [1.29, 1.82) is 0 Å². The van der Waals surface area contributed by atoms with Gasteiger partial charge in [-0.15, -0.1) is 0 Å². The Morgan fingerprint density at radius 3 is 2.41 bits per heavy atom. The molecular weight excluding hydrogens is 506 g/mol. The Kier molecular flexibility index (Phi) is 7.07. The maximum absolute atomic E-state index is 12.1. The highest BCUT2D eigenvalue weighted by Crippen LogP contribution is 2.30. The highest BCUT2D eigenvalue weighted by Gasteiger charge is 2.21. The second-order valence-electron chi connectivity index (χ2n) is 9.64. The molecule has 0 saturated carbocycles. The molecule has 0 atom stereocenters. The number of morpholine rings is 1. The average Bonchev–Trinajstić information content (AvgIpc) is 3.42. The smallest absolute Gasteiger partial charge is 0.414 e. The molecule has 4 aromatic heterocycles. The summed E-state index contributed by atoms with van der Waals surface area (Å²) in [5.41, 5.74) is 1.68. The monoisotopic (exact) mass is 533 g/mol. The van der Waals surface area contributed by atoms with Crippen LogP contribution in [0.15, 0.2) is 41.2 Å². The van der Waals surface area contributed by atoms with Crippen molar-refractivity contribution in [3.8, 4) is 22.7 Å². The van der Waals surface area contributed by atoms with Crippen molar-refractivity contribution >= 4 is 34.9 Å². The van der Waals surface area contributed by atoms with Crippen LogP contribution in [0, 0.1) is 0 Å². The first kappa shape index (κ1) is 26.0. The van der Waals surface area contributed by atoms with E-state index in [0.29, 0.717) is 65.9 Å². The van der Waals surface area contributed by atoms with Crippen LogP contribution < -0.4 is 10.2 Å². The molecule has 13 heteroatoms. The maximum Gasteiger partial charge on any atom is 0.414 e. The molecule has 0 aromatic carbocycles. The van der Waals surface area contributed by atoms with Crippen molar-refractivity contribution < 1.29 is 28.2 Å². The first-order valence-corrected chi connectivity index (χ1v) is 12.2. The van der Waals surface area contributed by atoms with Crippen LogP contribution >= 0.6 is 0 Å². The third-order valence-corrected chi connectivity index (χ3v) is 5.63. The van der Waals surface area contributed by atoms with Gasteiger partial charge in [0.1, 0.15) is 16.9 Å². The van der Waals surface area contributed by atoms with Gasteiger partial charge in [-0.25, -0.2) is 34.5 Å². The summed E-state index contributed by atoms with van der Waals surface area (Å²) in [5, 5.41) is 2.51. The molecule has 1 aliphatic heterocycles. The lowest BCUT2D eigenvalue weighted by Gasteiger charge is -2.28. The SMILES string of the molecule is COC(=O)c1ccc(-c2cnc3c(N4CCOCC4)nc(-c4cnc(NC(=O)OC(C)(C)C)nc4)nc3c2)o1. The Hall–Kier alpha value is -4.65. The van der Waals surface area contributed by atoms with Gasteiger partial charge in [-0.1, -0.05) is 0 Å². The van der Waals surface area contributed by atoms with Crippen molar-refractivity contribution in [2.75, 3.05) is 43.6 Å². The van der Waals surface area contributed by atoms with Crippen LogP contribution in [-0.4, -0.2) is 76.0 Å². The number of carbonyl (C=O) groups excluding carboxylic acids is 2. The topological polar surface area (TPSA) is 155 Å². The minimum Gasteiger partial charge on any atom is -0.463 e. The highest BCUT2D eigenvalue weighted by atomic mass is 16.6. The number of fused-ring (bicyclic) bond motifs is 1. The molecule has 1 N–H and O–H groups in total. The number of aromatic nitrogens is 5. The molecule has 1 amide bonds. The van der Waals surface area contributed by atoms with E-state index >= 15 is 0 Å². The van der Waals surface area contributed by atoms with E-state index in [1.165, 1.54) is 19.5 Å². The first-order valence-electron chi connectivity index (χ1n) is 12.2. The Bertz CT molecular complexity index is 1510. The number of hydrogen-bond acceptors (Lipinski definition) is 12. The third-order valence-electron chi connectivity index (χ3n) is 5.63. The first-order chi connectivity index (χ1) is 18.7. The van der Waals surface area contributed by atoms with Crippen molar-refractivity contribution in [2.45, 2.75) is 26.4 Å². The van der Waals surface area contributed by atoms with Crippen LogP contribution in [0.3, 0.4) is 0 Å². The minimum absolute atomic E-state index is 0.0854. The summed E-state index contributed by atoms with van der Waals surface area (Å²) in [6, 6.07) is 5.03. The molecule has 1 saturated heterocycles. The van der Waals surface area contributed by atoms with E-state index in [-0.39, 0.29) is 11.7 Å². The largest absolute Gasteiger partial charge is 0.463 e. The number of amides is 1. The number of esters is 1. The molecule has 0 spiro atoms. The molecule has 0 bridgehead atoms. The van der Waals surface area contributed by atoms with Gasteiger partial charge >= 0.3 is 12.1 Å². The molecule has 5 heterocycles. The van der Waals surface area contributed by atoms with Crippen LogP contribution in [0.25, 0.3) is 33.7 Å². The van der Waals surface area contributed by atoms with Crippen LogP contribution in [0.2, 0.25) is 0 Å². The van der Waals surface area contributed by atoms with Gasteiger partial charge in [0.05, 0.1) is 31.4 Å². The fraction of sp³-hybridized carbons (Fsp3) is 0.346. The molecule has 202 valence electrons. The number of hydrogen-bond donors (Lipinski definition) is 1. The van der Waals surface area contributed by atoms with E-state index in [0.717, 1.165) is 0 Å². The molecule has 0 unspecified atom stereocenters. The summed E-state index contributed by atoms with van der Waals surface area (Å²) in [7, 11) is 1.29. The number of rotatable bonds is 5. The molecule has 1 aliphatic rings. The quantitative estimate of drug-likeness (QED) is 0.372. The lowest BCUT2D eigenvalue weighted by atomic mass is 10.2. The van der Waals surface area contributed by atoms with Crippen molar-refractivity contribution in [1.82, 2.24) is 24.9 Å². The van der Waals surface area contributed by atoms with Crippen molar-refractivity contribution in [3.63, 3.8) is 0 Å². The van der Waals surface area contributed by atoms with Gasteiger partial charge in [0, 0.05) is 37.2 Å². The Labute approximate surface area is 223 Å². The third kappa shape index (κ3) is 5.93. The zero-order chi connectivity index (χ0) is 27.6. The number of pyridine rings is 1. The van der Waals surface area contributed by atoms with E-state index in [1.807, 2.05) is 6.07 Å². The van der Waals surface area contributed by atoms with Crippen LogP contribution in [0.4, 0.5) is 16.6 Å². The van der Waals surface area contributed by atoms with E-state index < -0.39 is 17.7 Å². The van der Waals surface area contributed by atoms with Crippen LogP contribution in [0.1, 0.15) is 31.3 Å². The van der Waals surface area contributed by atoms with Gasteiger partial charge in [-0.3, -0.25) is 5.32 Å². The van der Waals surface area contributed by atoms with E-state index in [1.54, 1.807) is 39.1 Å². The standard InChI is InChI=1S/C26H27N7O6/c1-26(2,3)39-25(35)32-24-28-13-16(14-29-24)21-30-17-11-15(18-5-6-19(38-18)23(34)36-4)12-27-20(17)22(31-21)33-7-9-37-10-8-33/h5-6,11-14H,7-10H2,1-4H3,(H,28,29,32,35). The average molecular weight is 534 g/mol. The van der Waals surface area contributed by atoms with Gasteiger partial charge in [0.25, 0.3) is 0 Å². The Morgan fingerprint density at radius 1 is 1.00 bits per heavy atom. The van der Waals surface area contributed by atoms with Gasteiger partial charge in [0.2, 0.25) is 11.7 Å². The summed E-state index contributed by atoms with van der Waals surface area (Å²) in [6.45, 7) is 7.72. The summed E-state index contributed by atoms with van der Waals surface area (Å²) < 4.78 is 21.1. The van der Waals surface area contributed by atoms with Crippen LogP contribution in [-0.2, 0) is 14.2 Å². The Morgan fingerprint density at radius 2 is 1.72 bits per heavy atom. The lowest BCUT2D eigenvalue weighted by molar-refractivity contribution is 0.0565. The number of methoxy groups -OCH3 is 1. The normalized spacial score (nSPS) is 13.8. The zero-order valence-electron chi connectivity index (χ0n) is 21.9. The maximum atomic E-state index is 12.1. The summed E-state index contributed by atoms with van der Waals surface area (Å²) in [5.74, 6) is 1.07. The lowest BCUT2D eigenvalue weighted by Crippen LogP contribution is -2.37.